The van der Waals surface area contributed by atoms with Crippen LogP contribution < -0.4 is 5.32 Å². The fourth-order valence-electron chi connectivity index (χ4n) is 4.36. The van der Waals surface area contributed by atoms with Gasteiger partial charge >= 0.3 is 0 Å². The standard InChI is InChI=1S/C33H41FN2O2/c1-32(2,3)27-17-12-24(13-18-27)16-21-30(37)36(23-26-14-19-28(34)20-15-26)29(31(38)35-33(4,5)6)22-25-10-8-7-9-11-25/h7-15,17-20,29H,16,21-23H2,1-6H3,(H,35,38)/t29-/m1/s1. The van der Waals surface area contributed by atoms with Crippen LogP contribution in [0.1, 0.15) is 70.2 Å². The van der Waals surface area contributed by atoms with Gasteiger partial charge in [0.25, 0.3) is 0 Å². The van der Waals surface area contributed by atoms with E-state index in [1.807, 2.05) is 51.1 Å². The second-order valence-corrected chi connectivity index (χ2v) is 12.0. The van der Waals surface area contributed by atoms with E-state index < -0.39 is 11.6 Å². The van der Waals surface area contributed by atoms with E-state index in [0.29, 0.717) is 12.8 Å². The Balaban J connectivity index is 1.89. The summed E-state index contributed by atoms with van der Waals surface area (Å²) in [6.07, 6.45) is 1.22. The lowest BCUT2D eigenvalue weighted by atomic mass is 9.86. The van der Waals surface area contributed by atoms with Gasteiger partial charge in [-0.05, 0) is 67.0 Å². The molecule has 0 saturated heterocycles. The molecule has 3 aromatic rings. The van der Waals surface area contributed by atoms with E-state index in [4.69, 9.17) is 0 Å². The molecule has 0 aliphatic rings. The third-order valence-electron chi connectivity index (χ3n) is 6.48. The minimum Gasteiger partial charge on any atom is -0.350 e. The minimum atomic E-state index is -0.711. The highest BCUT2D eigenvalue weighted by Gasteiger charge is 2.32. The Bertz CT molecular complexity index is 1190. The zero-order valence-electron chi connectivity index (χ0n) is 23.6. The van der Waals surface area contributed by atoms with Crippen LogP contribution in [0.4, 0.5) is 4.39 Å². The summed E-state index contributed by atoms with van der Waals surface area (Å²) in [5.74, 6) is -0.651. The lowest BCUT2D eigenvalue weighted by Crippen LogP contribution is -2.54. The maximum Gasteiger partial charge on any atom is 0.243 e. The molecule has 202 valence electrons. The Morgan fingerprint density at radius 3 is 1.92 bits per heavy atom. The molecule has 38 heavy (non-hydrogen) atoms. The van der Waals surface area contributed by atoms with Gasteiger partial charge in [0.15, 0.2) is 0 Å². The molecule has 0 unspecified atom stereocenters. The number of benzene rings is 3. The van der Waals surface area contributed by atoms with Gasteiger partial charge in [-0.1, -0.05) is 87.5 Å². The van der Waals surface area contributed by atoms with Crippen LogP contribution in [-0.4, -0.2) is 28.3 Å². The summed E-state index contributed by atoms with van der Waals surface area (Å²) >= 11 is 0. The van der Waals surface area contributed by atoms with Crippen molar-refractivity contribution in [2.45, 2.75) is 84.3 Å². The smallest absolute Gasteiger partial charge is 0.243 e. The van der Waals surface area contributed by atoms with Crippen LogP contribution in [0.5, 0.6) is 0 Å². The molecule has 0 radical (unpaired) electrons. The molecule has 1 atom stereocenters. The van der Waals surface area contributed by atoms with Gasteiger partial charge in [0.05, 0.1) is 0 Å². The van der Waals surface area contributed by atoms with Crippen molar-refractivity contribution in [2.24, 2.45) is 0 Å². The van der Waals surface area contributed by atoms with E-state index in [1.165, 1.54) is 17.7 Å². The molecule has 4 nitrogen and oxygen atoms in total. The summed E-state index contributed by atoms with van der Waals surface area (Å²) in [5, 5.41) is 3.07. The van der Waals surface area contributed by atoms with Gasteiger partial charge in [0, 0.05) is 24.9 Å². The van der Waals surface area contributed by atoms with E-state index in [0.717, 1.165) is 16.7 Å². The molecule has 0 fully saturated rings. The Kier molecular flexibility index (Phi) is 9.48. The second kappa shape index (κ2) is 12.4. The maximum absolute atomic E-state index is 13.8. The molecule has 3 rings (SSSR count). The highest BCUT2D eigenvalue weighted by molar-refractivity contribution is 5.88. The first kappa shape index (κ1) is 29.1. The molecule has 0 heterocycles. The van der Waals surface area contributed by atoms with Gasteiger partial charge in [-0.2, -0.15) is 0 Å². The number of halogens is 1. The molecule has 0 spiro atoms. The van der Waals surface area contributed by atoms with Gasteiger partial charge in [-0.3, -0.25) is 9.59 Å². The SMILES string of the molecule is CC(C)(C)NC(=O)[C@@H](Cc1ccccc1)N(Cc1ccc(F)cc1)C(=O)CCc1ccc(C(C)(C)C)cc1. The predicted octanol–water partition coefficient (Wildman–Crippen LogP) is 6.61. The number of hydrogen-bond acceptors (Lipinski definition) is 2. The van der Waals surface area contributed by atoms with Crippen LogP contribution in [-0.2, 0) is 34.4 Å². The lowest BCUT2D eigenvalue weighted by molar-refractivity contribution is -0.141. The maximum atomic E-state index is 13.8. The first-order valence-corrected chi connectivity index (χ1v) is 13.3. The third-order valence-corrected chi connectivity index (χ3v) is 6.48. The third kappa shape index (κ3) is 8.83. The van der Waals surface area contributed by atoms with Crippen molar-refractivity contribution in [1.29, 1.82) is 0 Å². The summed E-state index contributed by atoms with van der Waals surface area (Å²) < 4.78 is 13.6. The van der Waals surface area contributed by atoms with Crippen LogP contribution in [0.3, 0.4) is 0 Å². The molecule has 0 saturated carbocycles. The van der Waals surface area contributed by atoms with Crippen molar-refractivity contribution in [3.63, 3.8) is 0 Å². The lowest BCUT2D eigenvalue weighted by Gasteiger charge is -2.34. The van der Waals surface area contributed by atoms with Gasteiger partial charge in [-0.15, -0.1) is 0 Å². The zero-order chi connectivity index (χ0) is 27.9. The van der Waals surface area contributed by atoms with E-state index >= 15 is 0 Å². The highest BCUT2D eigenvalue weighted by atomic mass is 19.1. The normalized spacial score (nSPS) is 12.6. The van der Waals surface area contributed by atoms with Crippen molar-refractivity contribution >= 4 is 11.8 Å². The first-order chi connectivity index (χ1) is 17.8. The second-order valence-electron chi connectivity index (χ2n) is 12.0. The number of carbonyl (C=O) groups is 2. The van der Waals surface area contributed by atoms with Crippen LogP contribution in [0.25, 0.3) is 0 Å². The summed E-state index contributed by atoms with van der Waals surface area (Å²) in [6, 6.07) is 23.5. The number of rotatable bonds is 9. The highest BCUT2D eigenvalue weighted by Crippen LogP contribution is 2.23. The molecular formula is C33H41FN2O2. The van der Waals surface area contributed by atoms with Crippen molar-refractivity contribution in [1.82, 2.24) is 10.2 Å². The van der Waals surface area contributed by atoms with E-state index in [9.17, 15) is 14.0 Å². The van der Waals surface area contributed by atoms with Crippen LogP contribution in [0.15, 0.2) is 78.9 Å². The summed E-state index contributed by atoms with van der Waals surface area (Å²) in [4.78, 5) is 29.0. The number of amides is 2. The molecular weight excluding hydrogens is 475 g/mol. The summed E-state index contributed by atoms with van der Waals surface area (Å²) in [7, 11) is 0. The summed E-state index contributed by atoms with van der Waals surface area (Å²) in [6.45, 7) is 12.5. The predicted molar refractivity (Wildman–Crippen MR) is 152 cm³/mol. The monoisotopic (exact) mass is 516 g/mol. The van der Waals surface area contributed by atoms with Crippen molar-refractivity contribution in [3.05, 3.63) is 107 Å². The Hall–Kier alpha value is -3.47. The number of nitrogens with zero attached hydrogens (tertiary/aromatic N) is 1. The number of carbonyl (C=O) groups excluding carboxylic acids is 2. The largest absolute Gasteiger partial charge is 0.350 e. The van der Waals surface area contributed by atoms with E-state index in [1.54, 1.807) is 17.0 Å². The van der Waals surface area contributed by atoms with Crippen LogP contribution >= 0.6 is 0 Å². The topological polar surface area (TPSA) is 49.4 Å². The molecule has 1 N–H and O–H groups in total. The molecule has 5 heteroatoms. The summed E-state index contributed by atoms with van der Waals surface area (Å²) in [5.41, 5.74) is 3.67. The van der Waals surface area contributed by atoms with Gasteiger partial charge in [-0.25, -0.2) is 4.39 Å². The Morgan fingerprint density at radius 1 is 0.789 bits per heavy atom. The fourth-order valence-corrected chi connectivity index (χ4v) is 4.36. The number of hydrogen-bond donors (Lipinski definition) is 1. The van der Waals surface area contributed by atoms with Crippen LogP contribution in [0, 0.1) is 5.82 Å². The zero-order valence-corrected chi connectivity index (χ0v) is 23.6. The van der Waals surface area contributed by atoms with Crippen molar-refractivity contribution in [2.75, 3.05) is 0 Å². The molecule has 0 aromatic heterocycles. The van der Waals surface area contributed by atoms with E-state index in [-0.39, 0.29) is 36.0 Å². The quantitative estimate of drug-likeness (QED) is 0.348. The molecule has 0 bridgehead atoms. The van der Waals surface area contributed by atoms with Crippen molar-refractivity contribution < 1.29 is 14.0 Å². The van der Waals surface area contributed by atoms with E-state index in [2.05, 4.69) is 50.4 Å². The molecule has 0 aliphatic heterocycles. The van der Waals surface area contributed by atoms with Gasteiger partial charge < -0.3 is 10.2 Å². The molecule has 3 aromatic carbocycles. The fraction of sp³-hybridized carbons (Fsp3) is 0.394. The number of nitrogens with one attached hydrogen (secondary N) is 1. The minimum absolute atomic E-state index is 0.0609. The molecule has 0 aliphatic carbocycles. The number of aryl methyl sites for hydroxylation is 1. The van der Waals surface area contributed by atoms with Crippen molar-refractivity contribution in [3.8, 4) is 0 Å². The average Bonchev–Trinajstić information content (AvgIpc) is 2.85. The van der Waals surface area contributed by atoms with Gasteiger partial charge in [0.1, 0.15) is 11.9 Å². The van der Waals surface area contributed by atoms with Gasteiger partial charge in [0.2, 0.25) is 11.8 Å². The Labute approximate surface area is 227 Å². The van der Waals surface area contributed by atoms with Crippen LogP contribution in [0.2, 0.25) is 0 Å². The molecule has 2 amide bonds. The Morgan fingerprint density at radius 2 is 1.37 bits per heavy atom. The average molecular weight is 517 g/mol. The first-order valence-electron chi connectivity index (χ1n) is 13.3.